The van der Waals surface area contributed by atoms with Gasteiger partial charge in [0, 0.05) is 43.1 Å². The van der Waals surface area contributed by atoms with Crippen LogP contribution >= 0.6 is 11.3 Å². The van der Waals surface area contributed by atoms with Crippen molar-refractivity contribution in [3.8, 4) is 61.7 Å². The van der Waals surface area contributed by atoms with Crippen molar-refractivity contribution in [3.05, 3.63) is 231 Å². The predicted octanol–water partition coefficient (Wildman–Crippen LogP) is 16.0. The molecule has 0 unspecified atom stereocenters. The lowest BCUT2D eigenvalue weighted by molar-refractivity contribution is 1.17. The highest BCUT2D eigenvalue weighted by Crippen LogP contribution is 2.46. The molecule has 0 saturated carbocycles. The van der Waals surface area contributed by atoms with Crippen molar-refractivity contribution in [2.75, 3.05) is 0 Å². The highest BCUT2D eigenvalue weighted by atomic mass is 32.1. The van der Waals surface area contributed by atoms with Crippen LogP contribution < -0.4 is 0 Å². The van der Waals surface area contributed by atoms with Gasteiger partial charge in [0.25, 0.3) is 0 Å². The molecule has 0 aliphatic heterocycles. The van der Waals surface area contributed by atoms with Gasteiger partial charge in [0.2, 0.25) is 0 Å². The lowest BCUT2D eigenvalue weighted by atomic mass is 9.91. The molecule has 62 heavy (non-hydrogen) atoms. The number of rotatable bonds is 9. The smallest absolute Gasteiger partial charge is 0.160 e. The molecule has 292 valence electrons. The summed E-state index contributed by atoms with van der Waals surface area (Å²) in [5, 5.41) is 3.48. The molecule has 8 aromatic carbocycles. The third kappa shape index (κ3) is 6.37. The maximum Gasteiger partial charge on any atom is 0.160 e. The summed E-state index contributed by atoms with van der Waals surface area (Å²) in [7, 11) is 0. The molecule has 0 spiro atoms. The Hall–Kier alpha value is -7.92. The molecule has 0 aliphatic rings. The van der Waals surface area contributed by atoms with Crippen LogP contribution in [0.25, 0.3) is 109 Å². The van der Waals surface area contributed by atoms with E-state index in [1.165, 1.54) is 37.7 Å². The van der Waals surface area contributed by atoms with E-state index in [9.17, 15) is 0 Å². The molecule has 0 N–H and O–H groups in total. The Morgan fingerprint density at radius 3 is 1.61 bits per heavy atom. The van der Waals surface area contributed by atoms with Gasteiger partial charge in [-0.2, -0.15) is 0 Å². The average molecular weight is 810 g/mol. The van der Waals surface area contributed by atoms with E-state index in [0.717, 1.165) is 71.4 Å². The quantitative estimate of drug-likeness (QED) is 0.136. The van der Waals surface area contributed by atoms with E-state index >= 15 is 0 Å². The molecule has 4 heteroatoms. The molecule has 0 amide bonds. The Morgan fingerprint density at radius 2 is 1.03 bits per heavy atom. The van der Waals surface area contributed by atoms with Crippen molar-refractivity contribution in [3.63, 3.8) is 0 Å². The Balaban J connectivity index is 1.27. The molecule has 0 bridgehead atoms. The average Bonchev–Trinajstić information content (AvgIpc) is 3.88. The topological polar surface area (TPSA) is 30.7 Å². The molecule has 11 aromatic rings. The second-order valence-electron chi connectivity index (χ2n) is 15.4. The number of fused-ring (bicyclic) bond motifs is 6. The van der Waals surface area contributed by atoms with Gasteiger partial charge in [-0.3, -0.25) is 0 Å². The number of thiophene rings is 1. The molecule has 3 nitrogen and oxygen atoms in total. The summed E-state index contributed by atoms with van der Waals surface area (Å²) in [5.74, 6) is 0.694. The molecule has 0 saturated heterocycles. The third-order valence-electron chi connectivity index (χ3n) is 11.8. The second kappa shape index (κ2) is 15.6. The Labute approximate surface area is 364 Å². The Morgan fingerprint density at radius 1 is 0.484 bits per heavy atom. The largest absolute Gasteiger partial charge is 0.308 e. The SMILES string of the molecule is C=C/C=C(\C=C)c1cc(-c2nc(-c3ccccc3)nc3c2sc2ccccc23)cc(-c2ccccc2)c1-n1c2ccc(-c3ccccc3)cc2c2cc(-c3ccccc3)ccc21. The number of benzene rings is 8. The second-order valence-corrected chi connectivity index (χ2v) is 16.5. The lowest BCUT2D eigenvalue weighted by Gasteiger charge is -2.22. The van der Waals surface area contributed by atoms with E-state index in [0.29, 0.717) is 5.82 Å². The minimum absolute atomic E-state index is 0.694. The highest BCUT2D eigenvalue weighted by molar-refractivity contribution is 7.26. The van der Waals surface area contributed by atoms with E-state index in [2.05, 4.69) is 200 Å². The third-order valence-corrected chi connectivity index (χ3v) is 12.9. The van der Waals surface area contributed by atoms with Gasteiger partial charge in [-0.1, -0.05) is 183 Å². The first-order valence-corrected chi connectivity index (χ1v) is 21.6. The fourth-order valence-electron chi connectivity index (χ4n) is 8.85. The van der Waals surface area contributed by atoms with Crippen LogP contribution in [-0.2, 0) is 0 Å². The van der Waals surface area contributed by atoms with E-state index < -0.39 is 0 Å². The molecule has 0 atom stereocenters. The number of nitrogens with zero attached hydrogens (tertiary/aromatic N) is 3. The van der Waals surface area contributed by atoms with Gasteiger partial charge < -0.3 is 4.57 Å². The van der Waals surface area contributed by atoms with Crippen LogP contribution in [0.5, 0.6) is 0 Å². The minimum atomic E-state index is 0.694. The first-order chi connectivity index (χ1) is 30.7. The van der Waals surface area contributed by atoms with Gasteiger partial charge in [-0.25, -0.2) is 9.97 Å². The summed E-state index contributed by atoms with van der Waals surface area (Å²) in [5.41, 5.74) is 15.9. The number of allylic oxidation sites excluding steroid dienone is 4. The van der Waals surface area contributed by atoms with Gasteiger partial charge in [0.05, 0.1) is 32.6 Å². The number of aromatic nitrogens is 3. The van der Waals surface area contributed by atoms with Crippen molar-refractivity contribution in [1.29, 1.82) is 0 Å². The lowest BCUT2D eigenvalue weighted by Crippen LogP contribution is -2.04. The van der Waals surface area contributed by atoms with Gasteiger partial charge in [-0.15, -0.1) is 11.3 Å². The summed E-state index contributed by atoms with van der Waals surface area (Å²) < 4.78 is 4.69. The summed E-state index contributed by atoms with van der Waals surface area (Å²) >= 11 is 1.74. The van der Waals surface area contributed by atoms with Gasteiger partial charge in [0.15, 0.2) is 5.82 Å². The van der Waals surface area contributed by atoms with E-state index in [4.69, 9.17) is 9.97 Å². The van der Waals surface area contributed by atoms with Crippen molar-refractivity contribution < 1.29 is 0 Å². The minimum Gasteiger partial charge on any atom is -0.308 e. The van der Waals surface area contributed by atoms with Gasteiger partial charge in [-0.05, 0) is 75.9 Å². The zero-order valence-electron chi connectivity index (χ0n) is 33.9. The monoisotopic (exact) mass is 809 g/mol. The van der Waals surface area contributed by atoms with Crippen molar-refractivity contribution in [1.82, 2.24) is 14.5 Å². The zero-order chi connectivity index (χ0) is 41.6. The first kappa shape index (κ1) is 37.1. The maximum absolute atomic E-state index is 5.44. The highest BCUT2D eigenvalue weighted by Gasteiger charge is 2.25. The Bertz CT molecular complexity index is 3430. The van der Waals surface area contributed by atoms with E-state index in [-0.39, 0.29) is 0 Å². The standard InChI is InChI=1S/C58H39N3S/c1-3-19-38(4-2)47-36-45(54-57-55(46-28-17-18-29-53(46)62-57)60-58(59-54)42-26-15-8-16-27-42)37-48(41-24-13-7-14-25-41)56(47)61-51-32-30-43(39-20-9-5-10-21-39)34-49(51)50-35-44(31-33-52(50)61)40-22-11-6-12-23-40/h3-37H,1-2H2/b38-19+. The van der Waals surface area contributed by atoms with Crippen molar-refractivity contribution in [2.24, 2.45) is 0 Å². The number of hydrogen-bond donors (Lipinski definition) is 0. The number of hydrogen-bond acceptors (Lipinski definition) is 3. The van der Waals surface area contributed by atoms with Crippen LogP contribution in [0, 0.1) is 0 Å². The fraction of sp³-hybridized carbons (Fsp3) is 0. The molecule has 0 radical (unpaired) electrons. The van der Waals surface area contributed by atoms with Crippen LogP contribution in [0.4, 0.5) is 0 Å². The van der Waals surface area contributed by atoms with Gasteiger partial charge in [0.1, 0.15) is 0 Å². The molecular weight excluding hydrogens is 771 g/mol. The summed E-state index contributed by atoms with van der Waals surface area (Å²) in [6.45, 7) is 8.55. The van der Waals surface area contributed by atoms with Crippen LogP contribution in [-0.4, -0.2) is 14.5 Å². The Kier molecular flexibility index (Phi) is 9.33. The molecule has 11 rings (SSSR count). The van der Waals surface area contributed by atoms with Crippen LogP contribution in [0.3, 0.4) is 0 Å². The maximum atomic E-state index is 5.44. The van der Waals surface area contributed by atoms with Gasteiger partial charge >= 0.3 is 0 Å². The van der Waals surface area contributed by atoms with Crippen molar-refractivity contribution >= 4 is 59.0 Å². The zero-order valence-corrected chi connectivity index (χ0v) is 34.7. The van der Waals surface area contributed by atoms with Crippen molar-refractivity contribution in [2.45, 2.75) is 0 Å². The summed E-state index contributed by atoms with van der Waals surface area (Å²) in [6.07, 6.45) is 5.85. The molecule has 0 aliphatic carbocycles. The predicted molar refractivity (Wildman–Crippen MR) is 265 cm³/mol. The fourth-order valence-corrected chi connectivity index (χ4v) is 10.0. The molecule has 3 heterocycles. The van der Waals surface area contributed by atoms with Crippen LogP contribution in [0.15, 0.2) is 226 Å². The molecule has 0 fully saturated rings. The van der Waals surface area contributed by atoms with Crippen LogP contribution in [0.2, 0.25) is 0 Å². The summed E-state index contributed by atoms with van der Waals surface area (Å²) in [6, 6.07) is 69.2. The summed E-state index contributed by atoms with van der Waals surface area (Å²) in [4.78, 5) is 10.7. The van der Waals surface area contributed by atoms with E-state index in [1.807, 2.05) is 30.4 Å². The molecular formula is C58H39N3S. The molecule has 3 aromatic heterocycles. The first-order valence-electron chi connectivity index (χ1n) is 20.8. The van der Waals surface area contributed by atoms with E-state index in [1.54, 1.807) is 11.3 Å². The normalized spacial score (nSPS) is 11.8. The van der Waals surface area contributed by atoms with Crippen LogP contribution in [0.1, 0.15) is 5.56 Å².